The van der Waals surface area contributed by atoms with Crippen LogP contribution in [0.5, 0.6) is 5.75 Å². The van der Waals surface area contributed by atoms with E-state index in [-0.39, 0.29) is 0 Å². The first-order valence-electron chi connectivity index (χ1n) is 5.42. The molecule has 1 aromatic rings. The summed E-state index contributed by atoms with van der Waals surface area (Å²) in [5, 5.41) is 0. The van der Waals surface area contributed by atoms with Gasteiger partial charge in [0.25, 0.3) is 0 Å². The first-order valence-corrected chi connectivity index (χ1v) is 5.42. The van der Waals surface area contributed by atoms with E-state index in [0.29, 0.717) is 6.61 Å². The van der Waals surface area contributed by atoms with Crippen molar-refractivity contribution in [3.63, 3.8) is 0 Å². The van der Waals surface area contributed by atoms with Gasteiger partial charge in [-0.2, -0.15) is 4.89 Å². The highest BCUT2D eigenvalue weighted by Gasteiger charge is 1.97. The summed E-state index contributed by atoms with van der Waals surface area (Å²) in [5.41, 5.74) is 0.887. The summed E-state index contributed by atoms with van der Waals surface area (Å²) in [5.74, 6) is 0.255. The van der Waals surface area contributed by atoms with E-state index >= 15 is 0 Å². The molecule has 0 unspecified atom stereocenters. The van der Waals surface area contributed by atoms with Crippen LogP contribution >= 0.6 is 0 Å². The van der Waals surface area contributed by atoms with Crippen LogP contribution in [0, 0.1) is 0 Å². The van der Waals surface area contributed by atoms with Crippen molar-refractivity contribution in [2.24, 2.45) is 0 Å². The smallest absolute Gasteiger partial charge is 0.365 e. The van der Waals surface area contributed by atoms with E-state index in [4.69, 9.17) is 4.74 Å². The van der Waals surface area contributed by atoms with Crippen molar-refractivity contribution in [2.45, 2.75) is 13.3 Å². The van der Waals surface area contributed by atoms with E-state index in [1.54, 1.807) is 13.2 Å². The van der Waals surface area contributed by atoms with E-state index in [2.05, 4.69) is 9.78 Å². The van der Waals surface area contributed by atoms with Gasteiger partial charge in [-0.3, -0.25) is 4.89 Å². The average molecular weight is 236 g/mol. The minimum Gasteiger partial charge on any atom is -0.497 e. The van der Waals surface area contributed by atoms with Gasteiger partial charge >= 0.3 is 5.97 Å². The number of ether oxygens (including phenoxy) is 1. The van der Waals surface area contributed by atoms with Crippen molar-refractivity contribution in [1.29, 1.82) is 0 Å². The van der Waals surface area contributed by atoms with Crippen molar-refractivity contribution in [3.8, 4) is 5.75 Å². The third-order valence-electron chi connectivity index (χ3n) is 1.96. The highest BCUT2D eigenvalue weighted by molar-refractivity contribution is 5.86. The van der Waals surface area contributed by atoms with Gasteiger partial charge in [0.1, 0.15) is 5.75 Å². The number of rotatable bonds is 6. The summed E-state index contributed by atoms with van der Waals surface area (Å²) >= 11 is 0. The Hall–Kier alpha value is -1.81. The van der Waals surface area contributed by atoms with Gasteiger partial charge in [0.15, 0.2) is 0 Å². The van der Waals surface area contributed by atoms with Crippen LogP contribution in [0.1, 0.15) is 18.9 Å². The maximum Gasteiger partial charge on any atom is 0.365 e. The Balaban J connectivity index is 2.43. The van der Waals surface area contributed by atoms with Crippen LogP contribution in [-0.4, -0.2) is 19.7 Å². The van der Waals surface area contributed by atoms with Crippen LogP contribution in [0.3, 0.4) is 0 Å². The number of carbonyl (C=O) groups excluding carboxylic acids is 1. The minimum atomic E-state index is -0.519. The van der Waals surface area contributed by atoms with Gasteiger partial charge < -0.3 is 4.74 Å². The molecule has 1 rings (SSSR count). The molecule has 0 fully saturated rings. The van der Waals surface area contributed by atoms with E-state index in [1.807, 2.05) is 31.2 Å². The zero-order chi connectivity index (χ0) is 12.5. The molecule has 0 bridgehead atoms. The lowest BCUT2D eigenvalue weighted by Gasteiger charge is -1.99. The Morgan fingerprint density at radius 3 is 2.59 bits per heavy atom. The molecule has 0 aliphatic carbocycles. The molecule has 0 amide bonds. The molecule has 0 saturated carbocycles. The maximum atomic E-state index is 11.2. The second-order valence-electron chi connectivity index (χ2n) is 3.33. The molecule has 0 aliphatic heterocycles. The topological polar surface area (TPSA) is 44.8 Å². The SMILES string of the molecule is CCCOOC(=O)C=Cc1ccc(OC)cc1. The molecule has 4 heteroatoms. The number of methoxy groups -OCH3 is 1. The largest absolute Gasteiger partial charge is 0.497 e. The summed E-state index contributed by atoms with van der Waals surface area (Å²) in [6.45, 7) is 2.34. The van der Waals surface area contributed by atoms with Gasteiger partial charge in [-0.15, -0.1) is 0 Å². The zero-order valence-corrected chi connectivity index (χ0v) is 10.0. The quantitative estimate of drug-likeness (QED) is 0.329. The first-order chi connectivity index (χ1) is 8.26. The summed E-state index contributed by atoms with van der Waals surface area (Å²) < 4.78 is 5.02. The molecule has 0 heterocycles. The predicted octanol–water partition coefficient (Wildman–Crippen LogP) is 2.59. The Morgan fingerprint density at radius 2 is 2.00 bits per heavy atom. The first kappa shape index (κ1) is 13.3. The lowest BCUT2D eigenvalue weighted by molar-refractivity contribution is -0.267. The van der Waals surface area contributed by atoms with Crippen molar-refractivity contribution in [2.75, 3.05) is 13.7 Å². The Morgan fingerprint density at radius 1 is 1.29 bits per heavy atom. The highest BCUT2D eigenvalue weighted by atomic mass is 17.2. The van der Waals surface area contributed by atoms with Crippen LogP contribution < -0.4 is 4.74 Å². The molecule has 0 spiro atoms. The third kappa shape index (κ3) is 5.17. The fourth-order valence-corrected chi connectivity index (χ4v) is 1.09. The molecular weight excluding hydrogens is 220 g/mol. The van der Waals surface area contributed by atoms with Gasteiger partial charge in [0, 0.05) is 6.08 Å². The van der Waals surface area contributed by atoms with Crippen molar-refractivity contribution < 1.29 is 19.3 Å². The fraction of sp³-hybridized carbons (Fsp3) is 0.308. The standard InChI is InChI=1S/C13H16O4/c1-3-10-16-17-13(14)9-6-11-4-7-12(15-2)8-5-11/h4-9H,3,10H2,1-2H3. The molecule has 92 valence electrons. The molecule has 0 N–H and O–H groups in total. The van der Waals surface area contributed by atoms with Crippen LogP contribution in [0.15, 0.2) is 30.3 Å². The van der Waals surface area contributed by atoms with Gasteiger partial charge in [-0.1, -0.05) is 19.1 Å². The van der Waals surface area contributed by atoms with Crippen LogP contribution in [0.25, 0.3) is 6.08 Å². The van der Waals surface area contributed by atoms with E-state index in [1.165, 1.54) is 6.08 Å². The molecule has 4 nitrogen and oxygen atoms in total. The Bertz CT molecular complexity index is 368. The van der Waals surface area contributed by atoms with Gasteiger partial charge in [0.2, 0.25) is 0 Å². The van der Waals surface area contributed by atoms with Crippen molar-refractivity contribution in [3.05, 3.63) is 35.9 Å². The van der Waals surface area contributed by atoms with Gasteiger partial charge in [0.05, 0.1) is 13.7 Å². The number of benzene rings is 1. The Labute approximate surface area is 101 Å². The second kappa shape index (κ2) is 7.46. The normalized spacial score (nSPS) is 10.5. The molecular formula is C13H16O4. The molecule has 0 saturated heterocycles. The Kier molecular flexibility index (Phi) is 5.82. The number of hydrogen-bond donors (Lipinski definition) is 0. The molecule has 17 heavy (non-hydrogen) atoms. The molecule has 0 radical (unpaired) electrons. The minimum absolute atomic E-state index is 0.405. The highest BCUT2D eigenvalue weighted by Crippen LogP contribution is 2.12. The molecule has 0 aliphatic rings. The third-order valence-corrected chi connectivity index (χ3v) is 1.96. The van der Waals surface area contributed by atoms with Gasteiger partial charge in [-0.05, 0) is 30.2 Å². The summed E-state index contributed by atoms with van der Waals surface area (Å²) in [6.07, 6.45) is 3.77. The monoisotopic (exact) mass is 236 g/mol. The molecule has 1 aromatic carbocycles. The second-order valence-corrected chi connectivity index (χ2v) is 3.33. The molecule has 0 aromatic heterocycles. The lowest BCUT2D eigenvalue weighted by atomic mass is 10.2. The van der Waals surface area contributed by atoms with E-state index in [0.717, 1.165) is 17.7 Å². The summed E-state index contributed by atoms with van der Waals surface area (Å²) in [6, 6.07) is 7.32. The van der Waals surface area contributed by atoms with Crippen molar-refractivity contribution >= 4 is 12.0 Å². The lowest BCUT2D eigenvalue weighted by Crippen LogP contribution is -2.02. The zero-order valence-electron chi connectivity index (χ0n) is 10.0. The van der Waals surface area contributed by atoms with Crippen LogP contribution in [0.4, 0.5) is 0 Å². The maximum absolute atomic E-state index is 11.2. The fourth-order valence-electron chi connectivity index (χ4n) is 1.09. The van der Waals surface area contributed by atoms with Crippen LogP contribution in [0.2, 0.25) is 0 Å². The van der Waals surface area contributed by atoms with E-state index in [9.17, 15) is 4.79 Å². The number of hydrogen-bond acceptors (Lipinski definition) is 4. The number of carbonyl (C=O) groups is 1. The molecule has 0 atom stereocenters. The van der Waals surface area contributed by atoms with E-state index < -0.39 is 5.97 Å². The summed E-state index contributed by atoms with van der Waals surface area (Å²) in [7, 11) is 1.60. The predicted molar refractivity (Wildman–Crippen MR) is 64.4 cm³/mol. The average Bonchev–Trinajstić information content (AvgIpc) is 2.37. The summed E-state index contributed by atoms with van der Waals surface area (Å²) in [4.78, 5) is 20.3. The van der Waals surface area contributed by atoms with Crippen molar-refractivity contribution in [1.82, 2.24) is 0 Å². The van der Waals surface area contributed by atoms with Crippen LogP contribution in [-0.2, 0) is 14.6 Å². The van der Waals surface area contributed by atoms with Gasteiger partial charge in [-0.25, -0.2) is 4.79 Å².